The van der Waals surface area contributed by atoms with Crippen LogP contribution in [0.5, 0.6) is 0 Å². The first-order valence-corrected chi connectivity index (χ1v) is 8.53. The van der Waals surface area contributed by atoms with Crippen molar-refractivity contribution in [2.75, 3.05) is 4.72 Å². The number of benzene rings is 1. The van der Waals surface area contributed by atoms with Gasteiger partial charge in [-0.25, -0.2) is 13.4 Å². The average molecular weight is 325 g/mol. The standard InChI is InChI=1S/C15H17ClN2O2S/c1-3-11(2)12-4-6-13(7-5-12)18-21(19,20)14-8-9-15(16)17-10-14/h4-11,18H,3H2,1-2H3. The Labute approximate surface area is 130 Å². The fourth-order valence-electron chi connectivity index (χ4n) is 1.85. The molecule has 0 saturated heterocycles. The molecule has 1 aromatic carbocycles. The van der Waals surface area contributed by atoms with Crippen molar-refractivity contribution in [2.45, 2.75) is 31.1 Å². The van der Waals surface area contributed by atoms with Crippen LogP contribution in [0.4, 0.5) is 5.69 Å². The Kier molecular flexibility index (Phi) is 4.85. The van der Waals surface area contributed by atoms with Gasteiger partial charge in [-0.2, -0.15) is 0 Å². The number of rotatable bonds is 5. The molecule has 1 heterocycles. The number of pyridine rings is 1. The molecule has 2 rings (SSSR count). The Morgan fingerprint density at radius 2 is 1.86 bits per heavy atom. The van der Waals surface area contributed by atoms with Crippen molar-refractivity contribution in [1.29, 1.82) is 0 Å². The molecule has 0 saturated carbocycles. The quantitative estimate of drug-likeness (QED) is 0.844. The summed E-state index contributed by atoms with van der Waals surface area (Å²) in [6.07, 6.45) is 2.28. The summed E-state index contributed by atoms with van der Waals surface area (Å²) < 4.78 is 26.9. The molecule has 1 N–H and O–H groups in total. The predicted octanol–water partition coefficient (Wildman–Crippen LogP) is 4.05. The number of anilines is 1. The third-order valence-corrected chi connectivity index (χ3v) is 4.94. The highest BCUT2D eigenvalue weighted by molar-refractivity contribution is 7.92. The topological polar surface area (TPSA) is 59.1 Å². The van der Waals surface area contributed by atoms with Crippen molar-refractivity contribution in [3.63, 3.8) is 0 Å². The molecule has 0 fully saturated rings. The van der Waals surface area contributed by atoms with Gasteiger partial charge in [0.1, 0.15) is 10.0 Å². The van der Waals surface area contributed by atoms with Crippen LogP contribution in [0.2, 0.25) is 5.15 Å². The molecular formula is C15H17ClN2O2S. The molecule has 1 atom stereocenters. The number of nitrogens with one attached hydrogen (secondary N) is 1. The summed E-state index contributed by atoms with van der Waals surface area (Å²) in [6.45, 7) is 4.26. The average Bonchev–Trinajstić information content (AvgIpc) is 2.47. The van der Waals surface area contributed by atoms with Crippen LogP contribution in [0.3, 0.4) is 0 Å². The summed E-state index contributed by atoms with van der Waals surface area (Å²) in [6, 6.07) is 10.3. The Morgan fingerprint density at radius 3 is 2.38 bits per heavy atom. The smallest absolute Gasteiger partial charge is 0.263 e. The fourth-order valence-corrected chi connectivity index (χ4v) is 2.97. The molecule has 0 bridgehead atoms. The van der Waals surface area contributed by atoms with E-state index in [1.165, 1.54) is 23.9 Å². The molecule has 0 aliphatic heterocycles. The van der Waals surface area contributed by atoms with Crippen LogP contribution in [0.25, 0.3) is 0 Å². The van der Waals surface area contributed by atoms with E-state index in [2.05, 4.69) is 23.6 Å². The number of nitrogens with zero attached hydrogens (tertiary/aromatic N) is 1. The first kappa shape index (κ1) is 15.8. The lowest BCUT2D eigenvalue weighted by Crippen LogP contribution is -2.13. The summed E-state index contributed by atoms with van der Waals surface area (Å²) >= 11 is 5.66. The van der Waals surface area contributed by atoms with Crippen LogP contribution in [-0.2, 0) is 10.0 Å². The van der Waals surface area contributed by atoms with Gasteiger partial charge in [0.2, 0.25) is 0 Å². The molecule has 0 spiro atoms. The summed E-state index contributed by atoms with van der Waals surface area (Å²) in [5.74, 6) is 0.455. The first-order valence-electron chi connectivity index (χ1n) is 6.66. The van der Waals surface area contributed by atoms with Gasteiger partial charge in [0.05, 0.1) is 0 Å². The molecule has 4 nitrogen and oxygen atoms in total. The summed E-state index contributed by atoms with van der Waals surface area (Å²) in [5.41, 5.74) is 1.71. The Balaban J connectivity index is 2.19. The number of halogens is 1. The number of aromatic nitrogens is 1. The van der Waals surface area contributed by atoms with Gasteiger partial charge in [0.25, 0.3) is 10.0 Å². The molecule has 6 heteroatoms. The molecule has 0 aliphatic rings. The van der Waals surface area contributed by atoms with E-state index in [1.807, 2.05) is 12.1 Å². The van der Waals surface area contributed by atoms with Gasteiger partial charge in [-0.05, 0) is 42.2 Å². The first-order chi connectivity index (χ1) is 9.92. The van der Waals surface area contributed by atoms with Crippen molar-refractivity contribution in [1.82, 2.24) is 4.98 Å². The second-order valence-corrected chi connectivity index (χ2v) is 6.92. The molecule has 21 heavy (non-hydrogen) atoms. The van der Waals surface area contributed by atoms with Crippen LogP contribution in [-0.4, -0.2) is 13.4 Å². The molecule has 0 radical (unpaired) electrons. The van der Waals surface area contributed by atoms with Crippen LogP contribution < -0.4 is 4.72 Å². The minimum atomic E-state index is -3.64. The van der Waals surface area contributed by atoms with Gasteiger partial charge < -0.3 is 0 Å². The van der Waals surface area contributed by atoms with E-state index in [0.717, 1.165) is 6.42 Å². The zero-order valence-electron chi connectivity index (χ0n) is 11.9. The van der Waals surface area contributed by atoms with Gasteiger partial charge in [0.15, 0.2) is 0 Å². The summed E-state index contributed by atoms with van der Waals surface area (Å²) in [4.78, 5) is 3.86. The molecule has 1 aromatic heterocycles. The number of hydrogen-bond donors (Lipinski definition) is 1. The lowest BCUT2D eigenvalue weighted by atomic mass is 9.99. The number of hydrogen-bond acceptors (Lipinski definition) is 3. The van der Waals surface area contributed by atoms with Gasteiger partial charge in [0, 0.05) is 11.9 Å². The third kappa shape index (κ3) is 3.95. The van der Waals surface area contributed by atoms with Gasteiger partial charge >= 0.3 is 0 Å². The molecule has 2 aromatic rings. The van der Waals surface area contributed by atoms with Gasteiger partial charge in [-0.15, -0.1) is 0 Å². The van der Waals surface area contributed by atoms with Crippen LogP contribution in [0, 0.1) is 0 Å². The largest absolute Gasteiger partial charge is 0.280 e. The zero-order chi connectivity index (χ0) is 15.5. The summed E-state index contributed by atoms with van der Waals surface area (Å²) in [5, 5.41) is 0.256. The van der Waals surface area contributed by atoms with E-state index in [9.17, 15) is 8.42 Å². The minimum Gasteiger partial charge on any atom is -0.280 e. The second-order valence-electron chi connectivity index (χ2n) is 4.85. The maximum Gasteiger partial charge on any atom is 0.263 e. The van der Waals surface area contributed by atoms with Crippen molar-refractivity contribution in [2.24, 2.45) is 0 Å². The van der Waals surface area contributed by atoms with Crippen LogP contribution >= 0.6 is 11.6 Å². The molecule has 0 aliphatic carbocycles. The van der Waals surface area contributed by atoms with Crippen LogP contribution in [0.15, 0.2) is 47.5 Å². The highest BCUT2D eigenvalue weighted by Gasteiger charge is 2.14. The van der Waals surface area contributed by atoms with Crippen molar-refractivity contribution >= 4 is 27.3 Å². The molecule has 1 unspecified atom stereocenters. The van der Waals surface area contributed by atoms with Crippen LogP contribution in [0.1, 0.15) is 31.7 Å². The highest BCUT2D eigenvalue weighted by atomic mass is 35.5. The maximum absolute atomic E-state index is 12.2. The minimum absolute atomic E-state index is 0.0814. The Bertz CT molecular complexity index is 697. The van der Waals surface area contributed by atoms with E-state index in [-0.39, 0.29) is 10.0 Å². The Hall–Kier alpha value is -1.59. The van der Waals surface area contributed by atoms with Crippen molar-refractivity contribution in [3.8, 4) is 0 Å². The molecule has 0 amide bonds. The summed E-state index contributed by atoms with van der Waals surface area (Å²) in [7, 11) is -3.64. The Morgan fingerprint density at radius 1 is 1.19 bits per heavy atom. The van der Waals surface area contributed by atoms with Gasteiger partial charge in [-0.1, -0.05) is 37.6 Å². The van der Waals surface area contributed by atoms with E-state index in [0.29, 0.717) is 11.6 Å². The van der Waals surface area contributed by atoms with E-state index in [1.54, 1.807) is 12.1 Å². The van der Waals surface area contributed by atoms with Crippen molar-refractivity contribution in [3.05, 3.63) is 53.3 Å². The number of sulfonamides is 1. The zero-order valence-corrected chi connectivity index (χ0v) is 13.4. The van der Waals surface area contributed by atoms with E-state index in [4.69, 9.17) is 11.6 Å². The lowest BCUT2D eigenvalue weighted by Gasteiger charge is -2.11. The van der Waals surface area contributed by atoms with E-state index >= 15 is 0 Å². The maximum atomic E-state index is 12.2. The van der Waals surface area contributed by atoms with Crippen molar-refractivity contribution < 1.29 is 8.42 Å². The lowest BCUT2D eigenvalue weighted by molar-refractivity contribution is 0.601. The highest BCUT2D eigenvalue weighted by Crippen LogP contribution is 2.22. The van der Waals surface area contributed by atoms with E-state index < -0.39 is 10.0 Å². The predicted molar refractivity (Wildman–Crippen MR) is 85.2 cm³/mol. The fraction of sp³-hybridized carbons (Fsp3) is 0.267. The SMILES string of the molecule is CCC(C)c1ccc(NS(=O)(=O)c2ccc(Cl)nc2)cc1. The third-order valence-electron chi connectivity index (χ3n) is 3.35. The molecule has 112 valence electrons. The van der Waals surface area contributed by atoms with Gasteiger partial charge in [-0.3, -0.25) is 4.72 Å². The monoisotopic (exact) mass is 324 g/mol. The molecular weight excluding hydrogens is 308 g/mol. The normalized spacial score (nSPS) is 12.9. The second kappa shape index (κ2) is 6.45.